The fourth-order valence-corrected chi connectivity index (χ4v) is 1.26. The average Bonchev–Trinajstić information content (AvgIpc) is 1.96. The molecule has 1 aliphatic rings. The van der Waals surface area contributed by atoms with Crippen molar-refractivity contribution < 1.29 is 4.74 Å². The normalized spacial score (nSPS) is 40.1. The molecular formula is C9H16O. The van der Waals surface area contributed by atoms with Crippen molar-refractivity contribution in [3.8, 4) is 0 Å². The molecule has 0 amide bonds. The van der Waals surface area contributed by atoms with E-state index in [1.807, 2.05) is 0 Å². The molecule has 0 radical (unpaired) electrons. The van der Waals surface area contributed by atoms with Crippen molar-refractivity contribution in [3.05, 3.63) is 12.2 Å². The third-order valence-electron chi connectivity index (χ3n) is 2.60. The van der Waals surface area contributed by atoms with Gasteiger partial charge in [-0.3, -0.25) is 0 Å². The van der Waals surface area contributed by atoms with E-state index in [0.717, 1.165) is 13.0 Å². The Morgan fingerprint density at radius 1 is 1.70 bits per heavy atom. The van der Waals surface area contributed by atoms with Gasteiger partial charge >= 0.3 is 0 Å². The second kappa shape index (κ2) is 2.75. The molecule has 0 fully saturated rings. The molecule has 0 aliphatic carbocycles. The van der Waals surface area contributed by atoms with Crippen LogP contribution in [0.25, 0.3) is 0 Å². The predicted molar refractivity (Wildman–Crippen MR) is 43.0 cm³/mol. The third kappa shape index (κ3) is 1.24. The summed E-state index contributed by atoms with van der Waals surface area (Å²) in [5.41, 5.74) is 0.0920. The van der Waals surface area contributed by atoms with Gasteiger partial charge in [0.05, 0.1) is 12.2 Å². The Balaban J connectivity index is 2.67. The lowest BCUT2D eigenvalue weighted by Crippen LogP contribution is -2.37. The van der Waals surface area contributed by atoms with E-state index in [-0.39, 0.29) is 5.60 Å². The molecule has 0 saturated heterocycles. The van der Waals surface area contributed by atoms with E-state index in [1.54, 1.807) is 0 Å². The standard InChI is InChI=1S/C9H16O/c1-4-9(3)8(2)6-5-7-10-9/h5-6,8H,4,7H2,1-3H3. The van der Waals surface area contributed by atoms with Gasteiger partial charge in [-0.05, 0) is 13.3 Å². The highest BCUT2D eigenvalue weighted by atomic mass is 16.5. The Bertz CT molecular complexity index is 140. The smallest absolute Gasteiger partial charge is 0.0715 e. The lowest BCUT2D eigenvalue weighted by Gasteiger charge is -2.35. The first-order valence-corrected chi connectivity index (χ1v) is 3.99. The maximum Gasteiger partial charge on any atom is 0.0715 e. The predicted octanol–water partition coefficient (Wildman–Crippen LogP) is 2.38. The molecule has 0 spiro atoms. The molecule has 1 heterocycles. The number of ether oxygens (including phenoxy) is 1. The van der Waals surface area contributed by atoms with E-state index < -0.39 is 0 Å². The Labute approximate surface area is 63.1 Å². The van der Waals surface area contributed by atoms with Crippen molar-refractivity contribution in [2.24, 2.45) is 5.92 Å². The van der Waals surface area contributed by atoms with Crippen LogP contribution in [0.4, 0.5) is 0 Å². The molecule has 2 unspecified atom stereocenters. The van der Waals surface area contributed by atoms with Crippen LogP contribution >= 0.6 is 0 Å². The van der Waals surface area contributed by atoms with Gasteiger partial charge < -0.3 is 4.74 Å². The van der Waals surface area contributed by atoms with E-state index in [0.29, 0.717) is 5.92 Å². The molecule has 0 N–H and O–H groups in total. The van der Waals surface area contributed by atoms with E-state index in [2.05, 4.69) is 32.9 Å². The van der Waals surface area contributed by atoms with Crippen molar-refractivity contribution in [3.63, 3.8) is 0 Å². The highest BCUT2D eigenvalue weighted by molar-refractivity contribution is 5.00. The summed E-state index contributed by atoms with van der Waals surface area (Å²) in [5, 5.41) is 0. The first-order chi connectivity index (χ1) is 4.69. The lowest BCUT2D eigenvalue weighted by molar-refractivity contribution is -0.0544. The molecule has 1 heteroatoms. The summed E-state index contributed by atoms with van der Waals surface area (Å²) in [6.07, 6.45) is 5.44. The maximum atomic E-state index is 5.64. The fraction of sp³-hybridized carbons (Fsp3) is 0.778. The van der Waals surface area contributed by atoms with Crippen LogP contribution in [0.1, 0.15) is 27.2 Å². The van der Waals surface area contributed by atoms with Crippen molar-refractivity contribution in [1.29, 1.82) is 0 Å². The molecule has 2 atom stereocenters. The second-order valence-electron chi connectivity index (χ2n) is 3.19. The zero-order valence-corrected chi connectivity index (χ0v) is 7.05. The van der Waals surface area contributed by atoms with Crippen molar-refractivity contribution in [2.45, 2.75) is 32.8 Å². The first-order valence-electron chi connectivity index (χ1n) is 3.99. The molecule has 0 aromatic heterocycles. The number of hydrogen-bond acceptors (Lipinski definition) is 1. The molecule has 1 aliphatic heterocycles. The fourth-order valence-electron chi connectivity index (χ4n) is 1.26. The largest absolute Gasteiger partial charge is 0.371 e. The Morgan fingerprint density at radius 3 is 2.80 bits per heavy atom. The van der Waals surface area contributed by atoms with E-state index >= 15 is 0 Å². The van der Waals surface area contributed by atoms with Crippen molar-refractivity contribution >= 4 is 0 Å². The van der Waals surface area contributed by atoms with Gasteiger partial charge in [0, 0.05) is 5.92 Å². The Hall–Kier alpha value is -0.300. The van der Waals surface area contributed by atoms with Crippen LogP contribution < -0.4 is 0 Å². The quantitative estimate of drug-likeness (QED) is 0.508. The molecule has 10 heavy (non-hydrogen) atoms. The summed E-state index contributed by atoms with van der Waals surface area (Å²) < 4.78 is 5.64. The number of rotatable bonds is 1. The molecule has 1 nitrogen and oxygen atoms in total. The zero-order chi connectivity index (χ0) is 7.61. The molecule has 0 saturated carbocycles. The van der Waals surface area contributed by atoms with Crippen LogP contribution in [0, 0.1) is 5.92 Å². The second-order valence-corrected chi connectivity index (χ2v) is 3.19. The van der Waals surface area contributed by atoms with Gasteiger partial charge in [0.25, 0.3) is 0 Å². The topological polar surface area (TPSA) is 9.23 Å². The summed E-state index contributed by atoms with van der Waals surface area (Å²) in [6.45, 7) is 7.35. The van der Waals surface area contributed by atoms with E-state index in [4.69, 9.17) is 4.74 Å². The van der Waals surface area contributed by atoms with E-state index in [1.165, 1.54) is 0 Å². The van der Waals surface area contributed by atoms with Gasteiger partial charge in [-0.2, -0.15) is 0 Å². The highest BCUT2D eigenvalue weighted by Gasteiger charge is 2.29. The number of hydrogen-bond donors (Lipinski definition) is 0. The minimum absolute atomic E-state index is 0.0920. The van der Waals surface area contributed by atoms with Crippen LogP contribution in [-0.4, -0.2) is 12.2 Å². The monoisotopic (exact) mass is 140 g/mol. The molecule has 0 bridgehead atoms. The average molecular weight is 140 g/mol. The van der Waals surface area contributed by atoms with Gasteiger partial charge in [0.1, 0.15) is 0 Å². The first kappa shape index (κ1) is 7.80. The molecular weight excluding hydrogens is 124 g/mol. The Morgan fingerprint density at radius 2 is 2.40 bits per heavy atom. The minimum atomic E-state index is 0.0920. The highest BCUT2D eigenvalue weighted by Crippen LogP contribution is 2.28. The van der Waals surface area contributed by atoms with Gasteiger partial charge in [-0.25, -0.2) is 0 Å². The Kier molecular flexibility index (Phi) is 2.14. The molecule has 0 aromatic carbocycles. The minimum Gasteiger partial charge on any atom is -0.371 e. The summed E-state index contributed by atoms with van der Waals surface area (Å²) in [6, 6.07) is 0. The van der Waals surface area contributed by atoms with Crippen LogP contribution in [-0.2, 0) is 4.74 Å². The van der Waals surface area contributed by atoms with Crippen LogP contribution in [0.3, 0.4) is 0 Å². The zero-order valence-electron chi connectivity index (χ0n) is 7.05. The van der Waals surface area contributed by atoms with Gasteiger partial charge in [-0.1, -0.05) is 26.0 Å². The molecule has 0 aromatic rings. The summed E-state index contributed by atoms with van der Waals surface area (Å²) >= 11 is 0. The molecule has 1 rings (SSSR count). The van der Waals surface area contributed by atoms with Gasteiger partial charge in [0.2, 0.25) is 0 Å². The van der Waals surface area contributed by atoms with Crippen LogP contribution in [0.5, 0.6) is 0 Å². The van der Waals surface area contributed by atoms with Crippen LogP contribution in [0.2, 0.25) is 0 Å². The SMILES string of the molecule is CCC1(C)OCC=CC1C. The maximum absolute atomic E-state index is 5.64. The van der Waals surface area contributed by atoms with Crippen LogP contribution in [0.15, 0.2) is 12.2 Å². The van der Waals surface area contributed by atoms with Gasteiger partial charge in [0.15, 0.2) is 0 Å². The summed E-state index contributed by atoms with van der Waals surface area (Å²) in [4.78, 5) is 0. The molecule has 58 valence electrons. The van der Waals surface area contributed by atoms with Crippen molar-refractivity contribution in [2.75, 3.05) is 6.61 Å². The summed E-state index contributed by atoms with van der Waals surface area (Å²) in [5.74, 6) is 0.561. The van der Waals surface area contributed by atoms with E-state index in [9.17, 15) is 0 Å². The summed E-state index contributed by atoms with van der Waals surface area (Å²) in [7, 11) is 0. The van der Waals surface area contributed by atoms with Crippen molar-refractivity contribution in [1.82, 2.24) is 0 Å². The van der Waals surface area contributed by atoms with Gasteiger partial charge in [-0.15, -0.1) is 0 Å². The lowest BCUT2D eigenvalue weighted by atomic mass is 9.86. The third-order valence-corrected chi connectivity index (χ3v) is 2.60.